The third kappa shape index (κ3) is 4.70. The molecule has 1 aliphatic heterocycles. The number of methoxy groups -OCH3 is 1. The number of hydrogen-bond donors (Lipinski definition) is 0. The third-order valence-electron chi connectivity index (χ3n) is 5.30. The molecule has 1 aromatic heterocycles. The second-order valence-corrected chi connectivity index (χ2v) is 7.55. The number of nitrogens with zero attached hydrogens (tertiary/aromatic N) is 4. The number of halogens is 1. The van der Waals surface area contributed by atoms with Crippen LogP contribution in [0.1, 0.15) is 41.4 Å². The summed E-state index contributed by atoms with van der Waals surface area (Å²) in [4.78, 5) is 21.4. The zero-order valence-corrected chi connectivity index (χ0v) is 16.9. The van der Waals surface area contributed by atoms with Gasteiger partial charge in [-0.25, -0.2) is 9.37 Å². The lowest BCUT2D eigenvalue weighted by atomic mass is 9.95. The van der Waals surface area contributed by atoms with E-state index in [1.807, 2.05) is 17.3 Å². The zero-order chi connectivity index (χ0) is 20.1. The monoisotopic (exact) mass is 388 g/mol. The maximum absolute atomic E-state index is 13.6. The van der Waals surface area contributed by atoms with Crippen LogP contribution in [0.3, 0.4) is 0 Å². The van der Waals surface area contributed by atoms with E-state index in [0.717, 1.165) is 38.2 Å². The van der Waals surface area contributed by atoms with Crippen molar-refractivity contribution in [2.24, 2.45) is 0 Å². The number of benzene rings is 1. The van der Waals surface area contributed by atoms with E-state index in [-0.39, 0.29) is 11.7 Å². The first-order valence-corrected chi connectivity index (χ1v) is 9.78. The predicted octanol–water partition coefficient (Wildman–Crippen LogP) is 3.00. The molecule has 1 fully saturated rings. The zero-order valence-electron chi connectivity index (χ0n) is 16.9. The first kappa shape index (κ1) is 20.3. The summed E-state index contributed by atoms with van der Waals surface area (Å²) in [7, 11) is 5.56. The molecule has 0 N–H and O–H groups in total. The Labute approximate surface area is 165 Å². The third-order valence-corrected chi connectivity index (χ3v) is 5.30. The minimum Gasteiger partial charge on any atom is -0.494 e. The minimum atomic E-state index is -0.459. The number of piperidine rings is 1. The molecule has 0 spiro atoms. The first-order valence-electron chi connectivity index (χ1n) is 9.78. The van der Waals surface area contributed by atoms with Gasteiger partial charge in [-0.2, -0.15) is 0 Å². The molecule has 0 atom stereocenters. The summed E-state index contributed by atoms with van der Waals surface area (Å²) < 4.78 is 20.8. The van der Waals surface area contributed by atoms with Crippen molar-refractivity contribution in [1.82, 2.24) is 19.4 Å². The number of imidazole rings is 1. The number of hydrogen-bond acceptors (Lipinski definition) is 4. The van der Waals surface area contributed by atoms with Crippen LogP contribution >= 0.6 is 0 Å². The summed E-state index contributed by atoms with van der Waals surface area (Å²) in [5, 5.41) is 0. The summed E-state index contributed by atoms with van der Waals surface area (Å²) in [6.45, 7) is 3.36. The van der Waals surface area contributed by atoms with Gasteiger partial charge in [0.2, 0.25) is 0 Å². The van der Waals surface area contributed by atoms with Gasteiger partial charge in [-0.15, -0.1) is 0 Å². The molecule has 1 aliphatic rings. The highest BCUT2D eigenvalue weighted by atomic mass is 19.1. The van der Waals surface area contributed by atoms with E-state index in [4.69, 9.17) is 4.74 Å². The summed E-state index contributed by atoms with van der Waals surface area (Å²) in [5.41, 5.74) is 0.460. The highest BCUT2D eigenvalue weighted by molar-refractivity contribution is 5.94. The fourth-order valence-corrected chi connectivity index (χ4v) is 3.74. The minimum absolute atomic E-state index is 0.0777. The van der Waals surface area contributed by atoms with Crippen molar-refractivity contribution >= 4 is 5.91 Å². The van der Waals surface area contributed by atoms with Gasteiger partial charge in [0.25, 0.3) is 5.91 Å². The van der Waals surface area contributed by atoms with E-state index in [1.165, 1.54) is 25.3 Å². The average molecular weight is 388 g/mol. The van der Waals surface area contributed by atoms with Crippen molar-refractivity contribution < 1.29 is 13.9 Å². The molecular formula is C21H29FN4O2. The normalized spacial score (nSPS) is 15.2. The van der Waals surface area contributed by atoms with Crippen LogP contribution in [0, 0.1) is 5.82 Å². The van der Waals surface area contributed by atoms with Gasteiger partial charge in [-0.05, 0) is 58.1 Å². The Bertz CT molecular complexity index is 797. The quantitative estimate of drug-likeness (QED) is 0.732. The number of ether oxygens (including phenoxy) is 1. The van der Waals surface area contributed by atoms with Crippen LogP contribution < -0.4 is 4.74 Å². The van der Waals surface area contributed by atoms with E-state index in [2.05, 4.69) is 28.5 Å². The fraction of sp³-hybridized carbons (Fsp3) is 0.524. The van der Waals surface area contributed by atoms with Gasteiger partial charge >= 0.3 is 0 Å². The van der Waals surface area contributed by atoms with Crippen molar-refractivity contribution in [2.45, 2.75) is 31.7 Å². The molecule has 1 saturated heterocycles. The van der Waals surface area contributed by atoms with Crippen LogP contribution in [0.2, 0.25) is 0 Å². The Balaban J connectivity index is 1.59. The molecule has 3 rings (SSSR count). The van der Waals surface area contributed by atoms with E-state index >= 15 is 0 Å². The van der Waals surface area contributed by atoms with Crippen molar-refractivity contribution in [2.75, 3.05) is 40.8 Å². The van der Waals surface area contributed by atoms with Crippen LogP contribution in [0.4, 0.5) is 4.39 Å². The molecule has 152 valence electrons. The van der Waals surface area contributed by atoms with Crippen LogP contribution in [0.15, 0.2) is 30.6 Å². The number of likely N-dealkylation sites (tertiary alicyclic amines) is 1. The highest BCUT2D eigenvalue weighted by Crippen LogP contribution is 2.28. The molecule has 7 heteroatoms. The largest absolute Gasteiger partial charge is 0.494 e. The highest BCUT2D eigenvalue weighted by Gasteiger charge is 2.27. The molecule has 2 aromatic rings. The second kappa shape index (κ2) is 9.19. The number of rotatable bonds is 7. The van der Waals surface area contributed by atoms with E-state index < -0.39 is 5.82 Å². The molecule has 2 heterocycles. The molecule has 0 saturated carbocycles. The summed E-state index contributed by atoms with van der Waals surface area (Å²) in [6, 6.07) is 4.27. The standard InChI is InChI=1S/C21H29FN4O2/c1-24(2)10-4-11-25-14-9-23-20(25)16-7-12-26(13-8-16)21(27)17-5-6-18(22)19(15-17)28-3/h5-6,9,14-16H,4,7-8,10-13H2,1-3H3. The summed E-state index contributed by atoms with van der Waals surface area (Å²) in [6.07, 6.45) is 6.77. The van der Waals surface area contributed by atoms with Crippen LogP contribution in [-0.2, 0) is 6.54 Å². The maximum Gasteiger partial charge on any atom is 0.253 e. The molecule has 28 heavy (non-hydrogen) atoms. The molecule has 6 nitrogen and oxygen atoms in total. The lowest BCUT2D eigenvalue weighted by molar-refractivity contribution is 0.0710. The van der Waals surface area contributed by atoms with Crippen LogP contribution in [-0.4, -0.2) is 66.1 Å². The van der Waals surface area contributed by atoms with E-state index in [0.29, 0.717) is 24.6 Å². The molecule has 1 amide bonds. The van der Waals surface area contributed by atoms with Gasteiger partial charge < -0.3 is 19.1 Å². The Kier molecular flexibility index (Phi) is 6.67. The number of carbonyl (C=O) groups excluding carboxylic acids is 1. The lowest BCUT2D eigenvalue weighted by Gasteiger charge is -2.32. The number of aromatic nitrogens is 2. The lowest BCUT2D eigenvalue weighted by Crippen LogP contribution is -2.38. The van der Waals surface area contributed by atoms with E-state index in [9.17, 15) is 9.18 Å². The summed E-state index contributed by atoms with van der Waals surface area (Å²) in [5.74, 6) is 1.04. The molecule has 0 unspecified atom stereocenters. The van der Waals surface area contributed by atoms with Gasteiger partial charge in [-0.1, -0.05) is 0 Å². The van der Waals surface area contributed by atoms with Gasteiger partial charge in [0, 0.05) is 43.5 Å². The number of amides is 1. The predicted molar refractivity (Wildman–Crippen MR) is 106 cm³/mol. The second-order valence-electron chi connectivity index (χ2n) is 7.55. The molecule has 0 aliphatic carbocycles. The Morgan fingerprint density at radius 2 is 2.07 bits per heavy atom. The van der Waals surface area contributed by atoms with Crippen LogP contribution in [0.5, 0.6) is 5.75 Å². The molecule has 0 radical (unpaired) electrons. The van der Waals surface area contributed by atoms with E-state index in [1.54, 1.807) is 0 Å². The average Bonchev–Trinajstić information content (AvgIpc) is 3.16. The Morgan fingerprint density at radius 1 is 1.32 bits per heavy atom. The van der Waals surface area contributed by atoms with Crippen molar-refractivity contribution in [1.29, 1.82) is 0 Å². The number of aryl methyl sites for hydroxylation is 1. The molecule has 1 aromatic carbocycles. The molecule has 0 bridgehead atoms. The van der Waals surface area contributed by atoms with Gasteiger partial charge in [-0.3, -0.25) is 4.79 Å². The van der Waals surface area contributed by atoms with Crippen molar-refractivity contribution in [3.63, 3.8) is 0 Å². The smallest absolute Gasteiger partial charge is 0.253 e. The van der Waals surface area contributed by atoms with Gasteiger partial charge in [0.15, 0.2) is 11.6 Å². The topological polar surface area (TPSA) is 50.6 Å². The Morgan fingerprint density at radius 3 is 2.75 bits per heavy atom. The molecular weight excluding hydrogens is 359 g/mol. The SMILES string of the molecule is COc1cc(C(=O)N2CCC(c3nccn3CCCN(C)C)CC2)ccc1F. The summed E-state index contributed by atoms with van der Waals surface area (Å²) >= 11 is 0. The number of carbonyl (C=O) groups is 1. The van der Waals surface area contributed by atoms with Crippen molar-refractivity contribution in [3.05, 3.63) is 47.8 Å². The van der Waals surface area contributed by atoms with Crippen LogP contribution in [0.25, 0.3) is 0 Å². The van der Waals surface area contributed by atoms with Gasteiger partial charge in [0.1, 0.15) is 5.82 Å². The fourth-order valence-electron chi connectivity index (χ4n) is 3.74. The van der Waals surface area contributed by atoms with Crippen molar-refractivity contribution in [3.8, 4) is 5.75 Å². The maximum atomic E-state index is 13.6. The van der Waals surface area contributed by atoms with Gasteiger partial charge in [0.05, 0.1) is 7.11 Å². The Hall–Kier alpha value is -2.41. The first-order chi connectivity index (χ1) is 13.5.